The molecular weight excluding hydrogens is 278 g/mol. The van der Waals surface area contributed by atoms with Crippen molar-refractivity contribution in [3.63, 3.8) is 0 Å². The smallest absolute Gasteiger partial charge is 0.211 e. The van der Waals surface area contributed by atoms with Gasteiger partial charge in [0.05, 0.1) is 12.4 Å². The van der Waals surface area contributed by atoms with Crippen LogP contribution in [0.3, 0.4) is 0 Å². The summed E-state index contributed by atoms with van der Waals surface area (Å²) >= 11 is 0. The van der Waals surface area contributed by atoms with Crippen LogP contribution in [0.1, 0.15) is 33.1 Å². The van der Waals surface area contributed by atoms with E-state index >= 15 is 0 Å². The molecule has 0 bridgehead atoms. The van der Waals surface area contributed by atoms with Crippen molar-refractivity contribution >= 4 is 10.0 Å². The van der Waals surface area contributed by atoms with Crippen molar-refractivity contribution in [3.8, 4) is 0 Å². The van der Waals surface area contributed by atoms with Crippen LogP contribution in [0.15, 0.2) is 0 Å². The average Bonchev–Trinajstić information content (AvgIpc) is 2.37. The second-order valence-electron chi connectivity index (χ2n) is 6.08. The first-order valence-electron chi connectivity index (χ1n) is 7.23. The molecule has 0 aromatic heterocycles. The van der Waals surface area contributed by atoms with Gasteiger partial charge in [0.2, 0.25) is 10.0 Å². The molecule has 1 aliphatic heterocycles. The fourth-order valence-corrected chi connectivity index (χ4v) is 4.02. The molecule has 0 saturated carbocycles. The maximum absolute atomic E-state index is 11.6. The Morgan fingerprint density at radius 2 is 2.10 bits per heavy atom. The highest BCUT2D eigenvalue weighted by molar-refractivity contribution is 7.88. The van der Waals surface area contributed by atoms with Gasteiger partial charge in [-0.3, -0.25) is 11.3 Å². The maximum Gasteiger partial charge on any atom is 0.211 e. The lowest BCUT2D eigenvalue weighted by atomic mass is 9.87. The molecule has 1 fully saturated rings. The molecule has 3 N–H and O–H groups in total. The number of rotatable bonds is 7. The highest BCUT2D eigenvalue weighted by Crippen LogP contribution is 2.25. The molecule has 0 aromatic carbocycles. The monoisotopic (exact) mass is 307 g/mol. The van der Waals surface area contributed by atoms with E-state index in [0.717, 1.165) is 19.3 Å². The molecule has 6 nitrogen and oxygen atoms in total. The van der Waals surface area contributed by atoms with Gasteiger partial charge in [-0.2, -0.15) is 0 Å². The van der Waals surface area contributed by atoms with Gasteiger partial charge in [0.15, 0.2) is 0 Å². The molecule has 0 spiro atoms. The zero-order valence-electron chi connectivity index (χ0n) is 13.0. The number of nitrogens with two attached hydrogens (primary N) is 1. The topological polar surface area (TPSA) is 84.7 Å². The Hall–Kier alpha value is -0.210. The number of hydrazine groups is 1. The largest absolute Gasteiger partial charge is 0.380 e. The lowest BCUT2D eigenvalue weighted by Gasteiger charge is -2.35. The molecular formula is C13H29N3O3S. The summed E-state index contributed by atoms with van der Waals surface area (Å²) in [5, 5.41) is 0. The van der Waals surface area contributed by atoms with Gasteiger partial charge in [0.25, 0.3) is 0 Å². The number of ether oxygens (including phenoxy) is 1. The Kier molecular flexibility index (Phi) is 6.87. The van der Waals surface area contributed by atoms with Gasteiger partial charge in [0, 0.05) is 26.2 Å². The molecule has 120 valence electrons. The molecule has 1 aliphatic rings. The summed E-state index contributed by atoms with van der Waals surface area (Å²) in [4.78, 5) is 0. The van der Waals surface area contributed by atoms with Crippen LogP contribution in [-0.2, 0) is 14.8 Å². The van der Waals surface area contributed by atoms with Crippen molar-refractivity contribution in [2.24, 2.45) is 17.7 Å². The van der Waals surface area contributed by atoms with Crippen LogP contribution in [-0.4, -0.2) is 51.3 Å². The zero-order valence-corrected chi connectivity index (χ0v) is 13.8. The molecule has 0 aliphatic carbocycles. The van der Waals surface area contributed by atoms with E-state index in [1.807, 2.05) is 0 Å². The summed E-state index contributed by atoms with van der Waals surface area (Å²) in [7, 11) is -1.40. The fourth-order valence-electron chi connectivity index (χ4n) is 3.08. The van der Waals surface area contributed by atoms with Gasteiger partial charge in [-0.15, -0.1) is 0 Å². The number of piperidine rings is 1. The summed E-state index contributed by atoms with van der Waals surface area (Å²) < 4.78 is 30.4. The second kappa shape index (κ2) is 7.70. The van der Waals surface area contributed by atoms with Crippen molar-refractivity contribution < 1.29 is 13.2 Å². The first kappa shape index (κ1) is 17.8. The fraction of sp³-hybridized carbons (Fsp3) is 1.00. The molecule has 1 heterocycles. The van der Waals surface area contributed by atoms with Crippen LogP contribution >= 0.6 is 0 Å². The Labute approximate surface area is 123 Å². The Balaban J connectivity index is 2.65. The summed E-state index contributed by atoms with van der Waals surface area (Å²) in [6, 6.07) is 0.0458. The van der Waals surface area contributed by atoms with Crippen LogP contribution < -0.4 is 11.3 Å². The van der Waals surface area contributed by atoms with Crippen molar-refractivity contribution in [2.75, 3.05) is 26.5 Å². The molecule has 0 radical (unpaired) electrons. The second-order valence-corrected chi connectivity index (χ2v) is 8.06. The number of nitrogens with one attached hydrogen (secondary N) is 1. The lowest BCUT2D eigenvalue weighted by Crippen LogP contribution is -2.50. The lowest BCUT2D eigenvalue weighted by molar-refractivity contribution is 0.0231. The van der Waals surface area contributed by atoms with Crippen LogP contribution in [0.25, 0.3) is 0 Å². The molecule has 7 heteroatoms. The zero-order chi connectivity index (χ0) is 15.3. The predicted octanol–water partition coefficient (Wildman–Crippen LogP) is 0.551. The number of methoxy groups -OCH3 is 1. The van der Waals surface area contributed by atoms with Crippen LogP contribution in [0.2, 0.25) is 0 Å². The summed E-state index contributed by atoms with van der Waals surface area (Å²) in [6.45, 7) is 5.42. The number of hydrogen-bond acceptors (Lipinski definition) is 5. The SMILES string of the molecule is COC(C(C)C)C(CC1CCCN(S(C)(=O)=O)C1)NN. The molecule has 0 amide bonds. The highest BCUT2D eigenvalue weighted by Gasteiger charge is 2.31. The summed E-state index contributed by atoms with van der Waals surface area (Å²) in [6.07, 6.45) is 4.10. The minimum atomic E-state index is -3.09. The number of nitrogens with zero attached hydrogens (tertiary/aromatic N) is 1. The van der Waals surface area contributed by atoms with Crippen LogP contribution in [0.5, 0.6) is 0 Å². The third-order valence-corrected chi connectivity index (χ3v) is 5.35. The normalized spacial score (nSPS) is 24.8. The van der Waals surface area contributed by atoms with E-state index < -0.39 is 10.0 Å². The average molecular weight is 307 g/mol. The standard InChI is InChI=1S/C13H29N3O3S/c1-10(2)13(19-3)12(15-14)8-11-6-5-7-16(9-11)20(4,17)18/h10-13,15H,5-9,14H2,1-4H3. The van der Waals surface area contributed by atoms with E-state index in [9.17, 15) is 8.42 Å². The van der Waals surface area contributed by atoms with E-state index in [1.54, 1.807) is 11.4 Å². The van der Waals surface area contributed by atoms with Gasteiger partial charge < -0.3 is 4.74 Å². The Morgan fingerprint density at radius 3 is 2.55 bits per heavy atom. The molecule has 3 unspecified atom stereocenters. The molecule has 1 rings (SSSR count). The minimum Gasteiger partial charge on any atom is -0.380 e. The van der Waals surface area contributed by atoms with Gasteiger partial charge in [0.1, 0.15) is 0 Å². The third kappa shape index (κ3) is 4.96. The van der Waals surface area contributed by atoms with E-state index in [-0.39, 0.29) is 12.1 Å². The number of hydrogen-bond donors (Lipinski definition) is 2. The quantitative estimate of drug-likeness (QED) is 0.530. The van der Waals surface area contributed by atoms with Gasteiger partial charge >= 0.3 is 0 Å². The van der Waals surface area contributed by atoms with E-state index in [0.29, 0.717) is 24.9 Å². The van der Waals surface area contributed by atoms with E-state index in [2.05, 4.69) is 19.3 Å². The number of sulfonamides is 1. The minimum absolute atomic E-state index is 0.0358. The van der Waals surface area contributed by atoms with Crippen molar-refractivity contribution in [1.82, 2.24) is 9.73 Å². The van der Waals surface area contributed by atoms with Gasteiger partial charge in [-0.25, -0.2) is 12.7 Å². The Bertz CT molecular complexity index is 386. The maximum atomic E-state index is 11.6. The van der Waals surface area contributed by atoms with Crippen LogP contribution in [0, 0.1) is 11.8 Å². The van der Waals surface area contributed by atoms with Crippen LogP contribution in [0.4, 0.5) is 0 Å². The van der Waals surface area contributed by atoms with Crippen molar-refractivity contribution in [2.45, 2.75) is 45.3 Å². The third-order valence-electron chi connectivity index (χ3n) is 4.08. The summed E-state index contributed by atoms with van der Waals surface area (Å²) in [5.74, 6) is 6.35. The molecule has 3 atom stereocenters. The Morgan fingerprint density at radius 1 is 1.45 bits per heavy atom. The first-order chi connectivity index (χ1) is 9.29. The van der Waals surface area contributed by atoms with Gasteiger partial charge in [-0.05, 0) is 31.1 Å². The predicted molar refractivity (Wildman–Crippen MR) is 80.5 cm³/mol. The van der Waals surface area contributed by atoms with E-state index in [1.165, 1.54) is 6.26 Å². The first-order valence-corrected chi connectivity index (χ1v) is 9.08. The van der Waals surface area contributed by atoms with E-state index in [4.69, 9.17) is 10.6 Å². The molecule has 20 heavy (non-hydrogen) atoms. The summed E-state index contributed by atoms with van der Waals surface area (Å²) in [5.41, 5.74) is 2.84. The molecule has 0 aromatic rings. The van der Waals surface area contributed by atoms with Gasteiger partial charge in [-0.1, -0.05) is 13.8 Å². The highest BCUT2D eigenvalue weighted by atomic mass is 32.2. The molecule has 1 saturated heterocycles. The van der Waals surface area contributed by atoms with Crippen molar-refractivity contribution in [1.29, 1.82) is 0 Å². The van der Waals surface area contributed by atoms with Crippen molar-refractivity contribution in [3.05, 3.63) is 0 Å².